The highest BCUT2D eigenvalue weighted by Crippen LogP contribution is 2.41. The van der Waals surface area contributed by atoms with Crippen molar-refractivity contribution < 1.29 is 9.53 Å². The van der Waals surface area contributed by atoms with Gasteiger partial charge >= 0.3 is 5.97 Å². The number of carbonyl (C=O) groups excluding carboxylic acids is 1. The average molecular weight is 321 g/mol. The van der Waals surface area contributed by atoms with Crippen LogP contribution in [-0.2, 0) is 4.74 Å². The van der Waals surface area contributed by atoms with E-state index in [1.807, 2.05) is 18.2 Å². The van der Waals surface area contributed by atoms with Gasteiger partial charge in [-0.15, -0.1) is 12.4 Å². The summed E-state index contributed by atoms with van der Waals surface area (Å²) < 4.78 is 5.76. The molecule has 0 aromatic heterocycles. The first-order chi connectivity index (χ1) is 10.2. The van der Waals surface area contributed by atoms with Gasteiger partial charge in [0.05, 0.1) is 11.6 Å². The number of rotatable bonds is 3. The predicted octanol–water partition coefficient (Wildman–Crippen LogP) is 3.03. The highest BCUT2D eigenvalue weighted by atomic mass is 35.5. The van der Waals surface area contributed by atoms with E-state index in [-0.39, 0.29) is 30.4 Å². The van der Waals surface area contributed by atoms with Crippen molar-refractivity contribution in [3.63, 3.8) is 0 Å². The van der Waals surface area contributed by atoms with Crippen LogP contribution in [0.1, 0.15) is 36.0 Å². The first kappa shape index (κ1) is 16.8. The summed E-state index contributed by atoms with van der Waals surface area (Å²) in [5.41, 5.74) is 0.583. The summed E-state index contributed by atoms with van der Waals surface area (Å²) in [6.07, 6.45) is 3.41. The zero-order valence-corrected chi connectivity index (χ0v) is 13.5. The van der Waals surface area contributed by atoms with Crippen LogP contribution < -0.4 is 0 Å². The second kappa shape index (κ2) is 7.13. The lowest BCUT2D eigenvalue weighted by Gasteiger charge is -2.41. The van der Waals surface area contributed by atoms with Crippen LogP contribution in [0.3, 0.4) is 0 Å². The van der Waals surface area contributed by atoms with Gasteiger partial charge < -0.3 is 4.74 Å². The molecule has 2 fully saturated rings. The normalized spacial score (nSPS) is 30.2. The first-order valence-corrected chi connectivity index (χ1v) is 7.55. The van der Waals surface area contributed by atoms with Gasteiger partial charge in [0, 0.05) is 30.8 Å². The van der Waals surface area contributed by atoms with Gasteiger partial charge in [0.25, 0.3) is 0 Å². The van der Waals surface area contributed by atoms with Gasteiger partial charge in [-0.25, -0.2) is 4.79 Å². The van der Waals surface area contributed by atoms with Crippen molar-refractivity contribution in [2.24, 2.45) is 5.92 Å². The molecule has 0 N–H and O–H groups in total. The van der Waals surface area contributed by atoms with Crippen molar-refractivity contribution in [1.29, 1.82) is 5.26 Å². The van der Waals surface area contributed by atoms with Crippen LogP contribution in [0.5, 0.6) is 0 Å². The van der Waals surface area contributed by atoms with Crippen molar-refractivity contribution in [2.45, 2.75) is 43.9 Å². The van der Waals surface area contributed by atoms with E-state index in [0.717, 1.165) is 19.3 Å². The van der Waals surface area contributed by atoms with E-state index < -0.39 is 0 Å². The number of ether oxygens (including phenoxy) is 1. The Hall–Kier alpha value is -1.57. The van der Waals surface area contributed by atoms with Crippen molar-refractivity contribution in [3.05, 3.63) is 35.9 Å². The molecule has 0 saturated carbocycles. The quantitative estimate of drug-likeness (QED) is 0.803. The van der Waals surface area contributed by atoms with Crippen LogP contribution in [0.2, 0.25) is 0 Å². The SMILES string of the molecule is CN1C2CCC1C(CC#N)C(OC(=O)c1ccccc1)C2.Cl. The highest BCUT2D eigenvalue weighted by molar-refractivity contribution is 5.89. The molecule has 2 heterocycles. The molecule has 2 bridgehead atoms. The van der Waals surface area contributed by atoms with Crippen LogP contribution in [-0.4, -0.2) is 36.1 Å². The Morgan fingerprint density at radius 2 is 2.09 bits per heavy atom. The molecular weight excluding hydrogens is 300 g/mol. The number of nitrogens with zero attached hydrogens (tertiary/aromatic N) is 2. The standard InChI is InChI=1S/C17H20N2O2.ClH/c1-19-13-7-8-15(19)14(9-10-18)16(11-13)21-17(20)12-5-3-2-4-6-12;/h2-6,13-16H,7-9,11H2,1H3;1H. The molecule has 4 unspecified atom stereocenters. The third kappa shape index (κ3) is 3.11. The van der Waals surface area contributed by atoms with Gasteiger partial charge in [-0.3, -0.25) is 4.90 Å². The fraction of sp³-hybridized carbons (Fsp3) is 0.529. The smallest absolute Gasteiger partial charge is 0.338 e. The summed E-state index contributed by atoms with van der Waals surface area (Å²) in [6, 6.07) is 12.2. The number of hydrogen-bond acceptors (Lipinski definition) is 4. The van der Waals surface area contributed by atoms with Crippen LogP contribution in [0.25, 0.3) is 0 Å². The minimum Gasteiger partial charge on any atom is -0.458 e. The van der Waals surface area contributed by atoms with Crippen molar-refractivity contribution in [1.82, 2.24) is 4.90 Å². The van der Waals surface area contributed by atoms with Crippen molar-refractivity contribution in [3.8, 4) is 6.07 Å². The zero-order valence-electron chi connectivity index (χ0n) is 12.6. The van der Waals surface area contributed by atoms with Gasteiger partial charge in [-0.2, -0.15) is 5.26 Å². The Kier molecular flexibility index (Phi) is 5.44. The van der Waals surface area contributed by atoms with Gasteiger partial charge in [0.2, 0.25) is 0 Å². The third-order valence-electron chi connectivity index (χ3n) is 4.97. The molecule has 2 saturated heterocycles. The van der Waals surface area contributed by atoms with Crippen molar-refractivity contribution >= 4 is 18.4 Å². The lowest BCUT2D eigenvalue weighted by molar-refractivity contribution is -0.0327. The van der Waals surface area contributed by atoms with Crippen LogP contribution in [0.4, 0.5) is 0 Å². The molecule has 0 aliphatic carbocycles. The molecule has 3 rings (SSSR count). The molecule has 4 nitrogen and oxygen atoms in total. The number of hydrogen-bond donors (Lipinski definition) is 0. The number of nitriles is 1. The van der Waals surface area contributed by atoms with E-state index in [0.29, 0.717) is 24.1 Å². The van der Waals surface area contributed by atoms with Crippen LogP contribution >= 0.6 is 12.4 Å². The first-order valence-electron chi connectivity index (χ1n) is 7.55. The maximum absolute atomic E-state index is 12.3. The minimum absolute atomic E-state index is 0. The Balaban J connectivity index is 0.00000176. The highest BCUT2D eigenvalue weighted by Gasteiger charge is 2.46. The zero-order chi connectivity index (χ0) is 14.8. The van der Waals surface area contributed by atoms with E-state index in [1.165, 1.54) is 0 Å². The molecule has 118 valence electrons. The summed E-state index contributed by atoms with van der Waals surface area (Å²) in [6.45, 7) is 0. The predicted molar refractivity (Wildman–Crippen MR) is 85.8 cm³/mol. The molecule has 0 spiro atoms. The second-order valence-corrected chi connectivity index (χ2v) is 6.04. The Labute approximate surface area is 137 Å². The maximum Gasteiger partial charge on any atom is 0.338 e. The van der Waals surface area contributed by atoms with Gasteiger partial charge in [-0.1, -0.05) is 18.2 Å². The lowest BCUT2D eigenvalue weighted by Crippen LogP contribution is -2.50. The summed E-state index contributed by atoms with van der Waals surface area (Å²) in [4.78, 5) is 14.6. The topological polar surface area (TPSA) is 53.3 Å². The number of piperidine rings is 1. The number of halogens is 1. The fourth-order valence-corrected chi connectivity index (χ4v) is 3.82. The number of esters is 1. The Morgan fingerprint density at radius 3 is 2.77 bits per heavy atom. The Bertz CT molecular complexity index is 558. The summed E-state index contributed by atoms with van der Waals surface area (Å²) in [5.74, 6) is -0.140. The molecule has 1 aromatic carbocycles. The minimum atomic E-state index is -0.271. The monoisotopic (exact) mass is 320 g/mol. The van der Waals surface area contributed by atoms with Crippen LogP contribution in [0.15, 0.2) is 30.3 Å². The lowest BCUT2D eigenvalue weighted by atomic mass is 9.85. The molecule has 0 radical (unpaired) electrons. The Morgan fingerprint density at radius 1 is 1.36 bits per heavy atom. The van der Waals surface area contributed by atoms with E-state index >= 15 is 0 Å². The number of benzene rings is 1. The van der Waals surface area contributed by atoms with Gasteiger partial charge in [0.1, 0.15) is 6.10 Å². The van der Waals surface area contributed by atoms with Gasteiger partial charge in [0.15, 0.2) is 0 Å². The van der Waals surface area contributed by atoms with E-state index in [9.17, 15) is 4.79 Å². The van der Waals surface area contributed by atoms with E-state index in [2.05, 4.69) is 18.0 Å². The molecule has 2 aliphatic heterocycles. The molecule has 2 aliphatic rings. The molecular formula is C17H21ClN2O2. The van der Waals surface area contributed by atoms with E-state index in [4.69, 9.17) is 10.00 Å². The largest absolute Gasteiger partial charge is 0.458 e. The molecule has 4 atom stereocenters. The third-order valence-corrected chi connectivity index (χ3v) is 4.97. The summed E-state index contributed by atoms with van der Waals surface area (Å²) in [7, 11) is 2.13. The van der Waals surface area contributed by atoms with Crippen molar-refractivity contribution in [2.75, 3.05) is 7.05 Å². The second-order valence-electron chi connectivity index (χ2n) is 6.04. The van der Waals surface area contributed by atoms with E-state index in [1.54, 1.807) is 12.1 Å². The molecule has 5 heteroatoms. The molecule has 0 amide bonds. The number of fused-ring (bicyclic) bond motifs is 2. The maximum atomic E-state index is 12.3. The van der Waals surface area contributed by atoms with Crippen LogP contribution in [0, 0.1) is 17.2 Å². The average Bonchev–Trinajstić information content (AvgIpc) is 2.75. The fourth-order valence-electron chi connectivity index (χ4n) is 3.82. The van der Waals surface area contributed by atoms with Gasteiger partial charge in [-0.05, 0) is 32.0 Å². The summed E-state index contributed by atoms with van der Waals surface area (Å²) in [5, 5.41) is 9.09. The molecule has 22 heavy (non-hydrogen) atoms. The summed E-state index contributed by atoms with van der Waals surface area (Å²) >= 11 is 0. The number of carbonyl (C=O) groups is 1. The molecule has 1 aromatic rings.